The molecule has 1 heterocycles. The summed E-state index contributed by atoms with van der Waals surface area (Å²) in [4.78, 5) is 16.9. The number of rotatable bonds is 8. The lowest BCUT2D eigenvalue weighted by atomic mass is 10.0. The number of hydrogen-bond donors (Lipinski definition) is 1. The van der Waals surface area contributed by atoms with Crippen LogP contribution in [-0.2, 0) is 0 Å². The molecule has 1 aromatic rings. The van der Waals surface area contributed by atoms with E-state index in [4.69, 9.17) is 0 Å². The van der Waals surface area contributed by atoms with Crippen LogP contribution >= 0.6 is 0 Å². The molecule has 0 spiro atoms. The first kappa shape index (κ1) is 18.0. The highest BCUT2D eigenvalue weighted by atomic mass is 16.1. The lowest BCUT2D eigenvalue weighted by molar-refractivity contribution is 0.430. The molecule has 0 amide bonds. The number of hydrogen-bond acceptors (Lipinski definition) is 3. The number of aromatic nitrogens is 2. The van der Waals surface area contributed by atoms with E-state index in [1.54, 1.807) is 23.0 Å². The Balaban J connectivity index is 3.24. The zero-order valence-electron chi connectivity index (χ0n) is 14.1. The summed E-state index contributed by atoms with van der Waals surface area (Å²) >= 11 is 0. The standard InChI is InChI=1S/C18H27N3O/c1-6-10-15(8-3)21-13-20-17(11-18(21)22)16(9-4)14(7-2)12-19-5/h7,9,11-13,15,19H,2,6,8,10H2,1,3-5H3/b14-12-,16-9+. The van der Waals surface area contributed by atoms with Crippen molar-refractivity contribution in [1.29, 1.82) is 0 Å². The maximum atomic E-state index is 12.4. The van der Waals surface area contributed by atoms with Gasteiger partial charge in [0.05, 0.1) is 12.0 Å². The van der Waals surface area contributed by atoms with Crippen molar-refractivity contribution in [3.8, 4) is 0 Å². The molecule has 0 aliphatic rings. The topological polar surface area (TPSA) is 46.9 Å². The summed E-state index contributed by atoms with van der Waals surface area (Å²) in [5.74, 6) is 0. The maximum Gasteiger partial charge on any atom is 0.254 e. The Hall–Kier alpha value is -2.10. The third kappa shape index (κ3) is 4.20. The Bertz CT molecular complexity index is 611. The van der Waals surface area contributed by atoms with Crippen molar-refractivity contribution in [2.24, 2.45) is 0 Å². The van der Waals surface area contributed by atoms with Crippen LogP contribution in [0.1, 0.15) is 51.8 Å². The van der Waals surface area contributed by atoms with Gasteiger partial charge in [-0.3, -0.25) is 9.36 Å². The molecule has 1 unspecified atom stereocenters. The fourth-order valence-electron chi connectivity index (χ4n) is 2.57. The van der Waals surface area contributed by atoms with Crippen molar-refractivity contribution in [2.75, 3.05) is 7.05 Å². The van der Waals surface area contributed by atoms with Gasteiger partial charge in [0, 0.05) is 30.9 Å². The summed E-state index contributed by atoms with van der Waals surface area (Å²) in [5, 5.41) is 2.99. The SMILES string of the molecule is C=CC(=C/NC)/C(=C\C)c1cc(=O)n(C(CC)CCC)cn1. The van der Waals surface area contributed by atoms with Crippen LogP contribution in [0.15, 0.2) is 47.7 Å². The predicted octanol–water partition coefficient (Wildman–Crippen LogP) is 3.69. The summed E-state index contributed by atoms with van der Waals surface area (Å²) in [6.45, 7) is 9.98. The zero-order valence-corrected chi connectivity index (χ0v) is 14.1. The molecule has 4 heteroatoms. The minimum Gasteiger partial charge on any atom is -0.393 e. The summed E-state index contributed by atoms with van der Waals surface area (Å²) in [7, 11) is 1.83. The average molecular weight is 301 g/mol. The van der Waals surface area contributed by atoms with E-state index in [2.05, 4.69) is 30.7 Å². The van der Waals surface area contributed by atoms with Crippen LogP contribution in [0.2, 0.25) is 0 Å². The van der Waals surface area contributed by atoms with E-state index in [1.807, 2.05) is 26.2 Å². The first-order valence-electron chi connectivity index (χ1n) is 7.87. The first-order valence-corrected chi connectivity index (χ1v) is 7.87. The largest absolute Gasteiger partial charge is 0.393 e. The highest BCUT2D eigenvalue weighted by Crippen LogP contribution is 2.21. The monoisotopic (exact) mass is 301 g/mol. The Labute approximate surface area is 133 Å². The molecule has 0 aliphatic carbocycles. The van der Waals surface area contributed by atoms with Crippen LogP contribution in [0, 0.1) is 0 Å². The molecule has 4 nitrogen and oxygen atoms in total. The van der Waals surface area contributed by atoms with Crippen LogP contribution < -0.4 is 10.9 Å². The van der Waals surface area contributed by atoms with Gasteiger partial charge in [-0.15, -0.1) is 0 Å². The van der Waals surface area contributed by atoms with Gasteiger partial charge in [-0.25, -0.2) is 4.98 Å². The summed E-state index contributed by atoms with van der Waals surface area (Å²) < 4.78 is 1.75. The number of allylic oxidation sites excluding steroid dienone is 4. The predicted molar refractivity (Wildman–Crippen MR) is 93.7 cm³/mol. The fourth-order valence-corrected chi connectivity index (χ4v) is 2.57. The quantitative estimate of drug-likeness (QED) is 0.745. The van der Waals surface area contributed by atoms with Gasteiger partial charge in [-0.2, -0.15) is 0 Å². The van der Waals surface area contributed by atoms with Crippen molar-refractivity contribution in [2.45, 2.75) is 46.1 Å². The van der Waals surface area contributed by atoms with Crippen molar-refractivity contribution in [3.05, 3.63) is 58.9 Å². The third-order valence-corrected chi connectivity index (χ3v) is 3.72. The molecule has 1 rings (SSSR count). The van der Waals surface area contributed by atoms with Gasteiger partial charge in [-0.05, 0) is 25.3 Å². The van der Waals surface area contributed by atoms with Crippen LogP contribution in [0.25, 0.3) is 5.57 Å². The molecular weight excluding hydrogens is 274 g/mol. The zero-order chi connectivity index (χ0) is 16.5. The molecule has 0 saturated heterocycles. The Morgan fingerprint density at radius 1 is 1.50 bits per heavy atom. The molecule has 0 radical (unpaired) electrons. The first-order chi connectivity index (χ1) is 10.6. The molecule has 0 bridgehead atoms. The van der Waals surface area contributed by atoms with Crippen molar-refractivity contribution < 1.29 is 0 Å². The molecule has 22 heavy (non-hydrogen) atoms. The second-order valence-electron chi connectivity index (χ2n) is 5.17. The molecule has 0 aromatic carbocycles. The van der Waals surface area contributed by atoms with Gasteiger partial charge >= 0.3 is 0 Å². The van der Waals surface area contributed by atoms with E-state index >= 15 is 0 Å². The molecule has 1 N–H and O–H groups in total. The third-order valence-electron chi connectivity index (χ3n) is 3.72. The highest BCUT2D eigenvalue weighted by molar-refractivity contribution is 5.79. The molecule has 0 fully saturated rings. The summed E-state index contributed by atoms with van der Waals surface area (Å²) in [5.41, 5.74) is 2.49. The second-order valence-corrected chi connectivity index (χ2v) is 5.17. The normalized spacial score (nSPS) is 13.8. The van der Waals surface area contributed by atoms with E-state index in [0.717, 1.165) is 30.4 Å². The highest BCUT2D eigenvalue weighted by Gasteiger charge is 2.12. The average Bonchev–Trinajstić information content (AvgIpc) is 2.53. The summed E-state index contributed by atoms with van der Waals surface area (Å²) in [6, 6.07) is 1.83. The van der Waals surface area contributed by atoms with E-state index in [0.29, 0.717) is 5.69 Å². The fraction of sp³-hybridized carbons (Fsp3) is 0.444. The van der Waals surface area contributed by atoms with Gasteiger partial charge < -0.3 is 5.32 Å². The van der Waals surface area contributed by atoms with E-state index in [9.17, 15) is 4.79 Å². The van der Waals surface area contributed by atoms with E-state index in [-0.39, 0.29) is 11.6 Å². The lowest BCUT2D eigenvalue weighted by Gasteiger charge is -2.17. The van der Waals surface area contributed by atoms with E-state index < -0.39 is 0 Å². The molecule has 0 saturated carbocycles. The number of nitrogens with zero attached hydrogens (tertiary/aromatic N) is 2. The molecule has 0 aliphatic heterocycles. The van der Waals surface area contributed by atoms with Crippen molar-refractivity contribution in [3.63, 3.8) is 0 Å². The lowest BCUT2D eigenvalue weighted by Crippen LogP contribution is -2.25. The minimum absolute atomic E-state index is 0.00230. The van der Waals surface area contributed by atoms with Crippen molar-refractivity contribution >= 4 is 5.57 Å². The second kappa shape index (κ2) is 9.03. The van der Waals surface area contributed by atoms with Crippen LogP contribution in [0.4, 0.5) is 0 Å². The van der Waals surface area contributed by atoms with Crippen LogP contribution in [0.5, 0.6) is 0 Å². The van der Waals surface area contributed by atoms with Crippen molar-refractivity contribution in [1.82, 2.24) is 14.9 Å². The number of nitrogens with one attached hydrogen (secondary N) is 1. The smallest absolute Gasteiger partial charge is 0.254 e. The van der Waals surface area contributed by atoms with E-state index in [1.165, 1.54) is 0 Å². The maximum absolute atomic E-state index is 12.4. The van der Waals surface area contributed by atoms with Gasteiger partial charge in [0.25, 0.3) is 5.56 Å². The van der Waals surface area contributed by atoms with Gasteiger partial charge in [0.15, 0.2) is 0 Å². The Morgan fingerprint density at radius 2 is 2.23 bits per heavy atom. The minimum atomic E-state index is -0.00230. The Morgan fingerprint density at radius 3 is 2.68 bits per heavy atom. The van der Waals surface area contributed by atoms with Gasteiger partial charge in [0.1, 0.15) is 0 Å². The van der Waals surface area contributed by atoms with Crippen LogP contribution in [-0.4, -0.2) is 16.6 Å². The van der Waals surface area contributed by atoms with Gasteiger partial charge in [-0.1, -0.05) is 39.0 Å². The molecular formula is C18H27N3O. The summed E-state index contributed by atoms with van der Waals surface area (Å²) in [6.07, 6.45) is 10.2. The molecule has 120 valence electrons. The molecule has 1 aromatic heterocycles. The van der Waals surface area contributed by atoms with Gasteiger partial charge in [0.2, 0.25) is 0 Å². The van der Waals surface area contributed by atoms with Crippen LogP contribution in [0.3, 0.4) is 0 Å². The Kier molecular flexibility index (Phi) is 7.37. The molecule has 1 atom stereocenters.